The molecule has 8 heteroatoms. The summed E-state index contributed by atoms with van der Waals surface area (Å²) >= 11 is 3.43. The Morgan fingerprint density at radius 2 is 1.88 bits per heavy atom. The van der Waals surface area contributed by atoms with Crippen LogP contribution in [0.4, 0.5) is 0 Å². The lowest BCUT2D eigenvalue weighted by Gasteiger charge is -2.29. The smallest absolute Gasteiger partial charge is 0.292 e. The Hall–Kier alpha value is -2.13. The predicted octanol–water partition coefficient (Wildman–Crippen LogP) is 1.89. The number of rotatable bonds is 4. The summed E-state index contributed by atoms with van der Waals surface area (Å²) in [6, 6.07) is 9.77. The SMILES string of the molecule is COc1ccc(C2C3(C#N)C(N)=NC(OC)(OC)C23C#N)cc1Br. The van der Waals surface area contributed by atoms with Crippen LogP contribution in [-0.2, 0) is 9.47 Å². The first kappa shape index (κ1) is 16.7. The molecule has 24 heavy (non-hydrogen) atoms. The van der Waals surface area contributed by atoms with Crippen molar-refractivity contribution in [2.75, 3.05) is 21.3 Å². The number of nitriles is 2. The van der Waals surface area contributed by atoms with Gasteiger partial charge in [-0.15, -0.1) is 0 Å². The second-order valence-corrected chi connectivity index (χ2v) is 6.51. The Morgan fingerprint density at radius 3 is 2.33 bits per heavy atom. The molecule has 0 aromatic heterocycles. The van der Waals surface area contributed by atoms with Gasteiger partial charge in [0.1, 0.15) is 17.0 Å². The number of aliphatic imine (C=N–C) groups is 1. The van der Waals surface area contributed by atoms with E-state index in [-0.39, 0.29) is 5.84 Å². The fourth-order valence-corrected chi connectivity index (χ4v) is 4.44. The average molecular weight is 391 g/mol. The molecule has 1 fully saturated rings. The number of halogens is 1. The molecule has 1 saturated carbocycles. The highest BCUT2D eigenvalue weighted by atomic mass is 79.9. The molecular formula is C16H15BrN4O3. The topological polar surface area (TPSA) is 114 Å². The third kappa shape index (κ3) is 1.54. The van der Waals surface area contributed by atoms with Crippen molar-refractivity contribution in [3.63, 3.8) is 0 Å². The molecule has 0 saturated heterocycles. The minimum atomic E-state index is -1.61. The van der Waals surface area contributed by atoms with Crippen molar-refractivity contribution < 1.29 is 14.2 Å². The van der Waals surface area contributed by atoms with Crippen molar-refractivity contribution >= 4 is 21.8 Å². The molecule has 2 aliphatic rings. The molecular weight excluding hydrogens is 376 g/mol. The van der Waals surface area contributed by atoms with Crippen LogP contribution in [0.1, 0.15) is 11.5 Å². The third-order valence-corrected chi connectivity index (χ3v) is 5.61. The molecule has 0 spiro atoms. The molecule has 7 nitrogen and oxygen atoms in total. The van der Waals surface area contributed by atoms with Gasteiger partial charge in [0, 0.05) is 20.1 Å². The molecule has 3 atom stereocenters. The maximum atomic E-state index is 9.95. The number of nitrogens with two attached hydrogens (primary N) is 1. The number of fused-ring (bicyclic) bond motifs is 1. The lowest BCUT2D eigenvalue weighted by atomic mass is 9.93. The molecule has 1 aromatic rings. The van der Waals surface area contributed by atoms with Crippen LogP contribution in [-0.4, -0.2) is 33.1 Å². The number of amidine groups is 1. The number of nitrogens with zero attached hydrogens (tertiary/aromatic N) is 3. The minimum Gasteiger partial charge on any atom is -0.496 e. The summed E-state index contributed by atoms with van der Waals surface area (Å²) in [5, 5.41) is 19.8. The standard InChI is InChI=1S/C16H15BrN4O3/c1-22-11-5-4-9(6-10(11)17)12-14(7-18)13(20)21-16(23-2,24-3)15(12,14)8-19/h4-6,12H,1-3H3,(H2,20,21). The van der Waals surface area contributed by atoms with Crippen LogP contribution in [0.5, 0.6) is 5.75 Å². The highest BCUT2D eigenvalue weighted by Crippen LogP contribution is 2.81. The Kier molecular flexibility index (Phi) is 3.61. The van der Waals surface area contributed by atoms with E-state index in [0.29, 0.717) is 10.2 Å². The predicted molar refractivity (Wildman–Crippen MR) is 87.9 cm³/mol. The van der Waals surface area contributed by atoms with E-state index in [1.165, 1.54) is 14.2 Å². The number of benzene rings is 1. The molecule has 1 aromatic carbocycles. The number of methoxy groups -OCH3 is 3. The van der Waals surface area contributed by atoms with Gasteiger partial charge in [-0.25, -0.2) is 4.99 Å². The van der Waals surface area contributed by atoms with Gasteiger partial charge in [-0.05, 0) is 33.6 Å². The highest BCUT2D eigenvalue weighted by molar-refractivity contribution is 9.10. The zero-order valence-corrected chi connectivity index (χ0v) is 14.9. The van der Waals surface area contributed by atoms with E-state index in [1.807, 2.05) is 6.07 Å². The zero-order valence-electron chi connectivity index (χ0n) is 13.3. The summed E-state index contributed by atoms with van der Waals surface area (Å²) in [5.41, 5.74) is 4.17. The summed E-state index contributed by atoms with van der Waals surface area (Å²) in [4.78, 5) is 4.17. The molecule has 1 heterocycles. The van der Waals surface area contributed by atoms with Crippen LogP contribution in [0.25, 0.3) is 0 Å². The zero-order chi connectivity index (χ0) is 17.8. The van der Waals surface area contributed by atoms with Gasteiger partial charge in [0.2, 0.25) is 0 Å². The quantitative estimate of drug-likeness (QED) is 0.785. The molecule has 0 bridgehead atoms. The van der Waals surface area contributed by atoms with Gasteiger partial charge >= 0.3 is 0 Å². The van der Waals surface area contributed by atoms with E-state index in [2.05, 4.69) is 33.1 Å². The van der Waals surface area contributed by atoms with Crippen LogP contribution < -0.4 is 10.5 Å². The maximum absolute atomic E-state index is 9.95. The van der Waals surface area contributed by atoms with Crippen molar-refractivity contribution in [2.45, 2.75) is 11.8 Å². The normalized spacial score (nSPS) is 32.2. The summed E-state index contributed by atoms with van der Waals surface area (Å²) in [6.07, 6.45) is 0. The van der Waals surface area contributed by atoms with Gasteiger partial charge < -0.3 is 19.9 Å². The van der Waals surface area contributed by atoms with E-state index < -0.39 is 22.7 Å². The fourth-order valence-electron chi connectivity index (χ4n) is 3.88. The molecule has 2 N–H and O–H groups in total. The van der Waals surface area contributed by atoms with E-state index >= 15 is 0 Å². The second-order valence-electron chi connectivity index (χ2n) is 5.65. The Balaban J connectivity index is 2.22. The first-order chi connectivity index (χ1) is 11.4. The molecule has 0 radical (unpaired) electrons. The highest BCUT2D eigenvalue weighted by Gasteiger charge is 2.93. The Labute approximate surface area is 147 Å². The van der Waals surface area contributed by atoms with Crippen molar-refractivity contribution in [3.8, 4) is 17.9 Å². The lowest BCUT2D eigenvalue weighted by Crippen LogP contribution is -2.41. The van der Waals surface area contributed by atoms with Crippen molar-refractivity contribution in [2.24, 2.45) is 21.6 Å². The third-order valence-electron chi connectivity index (χ3n) is 4.99. The number of hydrogen-bond acceptors (Lipinski definition) is 7. The summed E-state index contributed by atoms with van der Waals surface area (Å²) in [7, 11) is 4.32. The van der Waals surface area contributed by atoms with Gasteiger partial charge in [-0.1, -0.05) is 6.07 Å². The van der Waals surface area contributed by atoms with Gasteiger partial charge in [0.25, 0.3) is 5.91 Å². The average Bonchev–Trinajstić information content (AvgIpc) is 3.17. The first-order valence-electron chi connectivity index (χ1n) is 7.06. The fraction of sp³-hybridized carbons (Fsp3) is 0.438. The largest absolute Gasteiger partial charge is 0.496 e. The van der Waals surface area contributed by atoms with Gasteiger partial charge in [0.05, 0.1) is 23.7 Å². The molecule has 1 aliphatic heterocycles. The second kappa shape index (κ2) is 5.18. The Bertz CT molecular complexity index is 824. The monoisotopic (exact) mass is 390 g/mol. The van der Waals surface area contributed by atoms with Gasteiger partial charge in [0.15, 0.2) is 5.41 Å². The summed E-state index contributed by atoms with van der Waals surface area (Å²) < 4.78 is 16.8. The summed E-state index contributed by atoms with van der Waals surface area (Å²) in [5.74, 6) is -1.45. The molecule has 0 amide bonds. The number of hydrogen-bond donors (Lipinski definition) is 1. The van der Waals surface area contributed by atoms with Crippen LogP contribution in [0, 0.1) is 33.5 Å². The molecule has 3 unspecified atom stereocenters. The maximum Gasteiger partial charge on any atom is 0.292 e. The lowest BCUT2D eigenvalue weighted by molar-refractivity contribution is -0.230. The van der Waals surface area contributed by atoms with Crippen LogP contribution >= 0.6 is 15.9 Å². The first-order valence-corrected chi connectivity index (χ1v) is 7.86. The van der Waals surface area contributed by atoms with Gasteiger partial charge in [-0.3, -0.25) is 0 Å². The van der Waals surface area contributed by atoms with Crippen molar-refractivity contribution in [1.82, 2.24) is 0 Å². The molecule has 3 rings (SSSR count). The van der Waals surface area contributed by atoms with Crippen molar-refractivity contribution in [3.05, 3.63) is 28.2 Å². The Morgan fingerprint density at radius 1 is 1.21 bits per heavy atom. The van der Waals surface area contributed by atoms with E-state index in [1.54, 1.807) is 19.2 Å². The van der Waals surface area contributed by atoms with Crippen molar-refractivity contribution in [1.29, 1.82) is 10.5 Å². The van der Waals surface area contributed by atoms with Crippen LogP contribution in [0.3, 0.4) is 0 Å². The molecule has 124 valence electrons. The van der Waals surface area contributed by atoms with E-state index in [4.69, 9.17) is 19.9 Å². The van der Waals surface area contributed by atoms with E-state index in [0.717, 1.165) is 5.56 Å². The minimum absolute atomic E-state index is 0.0483. The number of ether oxygens (including phenoxy) is 3. The van der Waals surface area contributed by atoms with Crippen LogP contribution in [0.15, 0.2) is 27.7 Å². The van der Waals surface area contributed by atoms with E-state index in [9.17, 15) is 10.5 Å². The molecule has 1 aliphatic carbocycles. The summed E-state index contributed by atoms with van der Waals surface area (Å²) in [6.45, 7) is 0. The van der Waals surface area contributed by atoms with Crippen LogP contribution in [0.2, 0.25) is 0 Å². The van der Waals surface area contributed by atoms with Gasteiger partial charge in [-0.2, -0.15) is 10.5 Å².